The number of ether oxygens (including phenoxy) is 2. The maximum absolute atomic E-state index is 12.8. The van der Waals surface area contributed by atoms with Crippen molar-refractivity contribution in [2.24, 2.45) is 0 Å². The first-order valence-electron chi connectivity index (χ1n) is 9.96. The molecule has 7 nitrogen and oxygen atoms in total. The first kappa shape index (κ1) is 24.4. The monoisotopic (exact) mass is 527 g/mol. The van der Waals surface area contributed by atoms with Gasteiger partial charge in [-0.15, -0.1) is 0 Å². The summed E-state index contributed by atoms with van der Waals surface area (Å²) in [7, 11) is 1.57. The Labute approximate surface area is 205 Å². The topological polar surface area (TPSA) is 88.7 Å². The van der Waals surface area contributed by atoms with E-state index in [1.807, 2.05) is 18.2 Å². The fraction of sp³-hybridized carbons (Fsp3) is 0.125. The zero-order chi connectivity index (χ0) is 23.6. The van der Waals surface area contributed by atoms with Gasteiger partial charge >= 0.3 is 0 Å². The molecule has 3 rings (SSSR count). The highest BCUT2D eigenvalue weighted by atomic mass is 79.9. The van der Waals surface area contributed by atoms with Crippen LogP contribution in [-0.2, 0) is 4.74 Å². The largest absolute Gasteiger partial charge is 0.490 e. The SMILES string of the molecule is COCCOc1ccc(Br)cc1C(=O)NC(=S)Nc1cccc(C(=O)Nc2ccccc2)c1. The molecule has 0 radical (unpaired) electrons. The zero-order valence-electron chi connectivity index (χ0n) is 17.8. The molecule has 3 N–H and O–H groups in total. The molecule has 2 amide bonds. The molecule has 170 valence electrons. The number of methoxy groups -OCH3 is 1. The Morgan fingerprint density at radius 1 is 0.879 bits per heavy atom. The third-order valence-corrected chi connectivity index (χ3v) is 5.07. The Bertz CT molecular complexity index is 1140. The highest BCUT2D eigenvalue weighted by Crippen LogP contribution is 2.23. The number of carbonyl (C=O) groups excluding carboxylic acids is 2. The first-order valence-corrected chi connectivity index (χ1v) is 11.2. The molecule has 0 aromatic heterocycles. The second-order valence-corrected chi connectivity index (χ2v) is 8.11. The van der Waals surface area contributed by atoms with Crippen LogP contribution in [0.1, 0.15) is 20.7 Å². The van der Waals surface area contributed by atoms with E-state index < -0.39 is 5.91 Å². The molecule has 0 saturated carbocycles. The van der Waals surface area contributed by atoms with Gasteiger partial charge in [0.25, 0.3) is 11.8 Å². The van der Waals surface area contributed by atoms with Crippen molar-refractivity contribution in [2.45, 2.75) is 0 Å². The van der Waals surface area contributed by atoms with Crippen LogP contribution >= 0.6 is 28.1 Å². The molecule has 0 bridgehead atoms. The summed E-state index contributed by atoms with van der Waals surface area (Å²) >= 11 is 8.66. The van der Waals surface area contributed by atoms with Crippen LogP contribution in [0.3, 0.4) is 0 Å². The quantitative estimate of drug-likeness (QED) is 0.286. The number of para-hydroxylation sites is 1. The molecule has 0 aliphatic rings. The summed E-state index contributed by atoms with van der Waals surface area (Å²) < 4.78 is 11.3. The van der Waals surface area contributed by atoms with Gasteiger partial charge in [0.1, 0.15) is 12.4 Å². The van der Waals surface area contributed by atoms with Gasteiger partial charge in [-0.3, -0.25) is 14.9 Å². The second-order valence-electron chi connectivity index (χ2n) is 6.79. The number of anilines is 2. The van der Waals surface area contributed by atoms with Crippen molar-refractivity contribution in [3.05, 3.63) is 88.4 Å². The predicted molar refractivity (Wildman–Crippen MR) is 136 cm³/mol. The first-order chi connectivity index (χ1) is 16.0. The summed E-state index contributed by atoms with van der Waals surface area (Å²) in [4.78, 5) is 25.3. The number of benzene rings is 3. The normalized spacial score (nSPS) is 10.2. The van der Waals surface area contributed by atoms with E-state index in [-0.39, 0.29) is 11.0 Å². The molecule has 0 spiro atoms. The van der Waals surface area contributed by atoms with Gasteiger partial charge in [0.05, 0.1) is 12.2 Å². The van der Waals surface area contributed by atoms with E-state index in [9.17, 15) is 9.59 Å². The van der Waals surface area contributed by atoms with Gasteiger partial charge in [0, 0.05) is 28.5 Å². The van der Waals surface area contributed by atoms with Crippen LogP contribution in [0, 0.1) is 0 Å². The Morgan fingerprint density at radius 3 is 2.39 bits per heavy atom. The number of rotatable bonds is 8. The molecule has 0 atom stereocenters. The molecule has 3 aromatic carbocycles. The van der Waals surface area contributed by atoms with Crippen LogP contribution in [0.15, 0.2) is 77.3 Å². The fourth-order valence-electron chi connectivity index (χ4n) is 2.84. The lowest BCUT2D eigenvalue weighted by Crippen LogP contribution is -2.34. The maximum Gasteiger partial charge on any atom is 0.261 e. The number of carbonyl (C=O) groups is 2. The summed E-state index contributed by atoms with van der Waals surface area (Å²) in [5.74, 6) is -0.277. The predicted octanol–water partition coefficient (Wildman–Crippen LogP) is 4.85. The lowest BCUT2D eigenvalue weighted by atomic mass is 10.2. The van der Waals surface area contributed by atoms with E-state index in [4.69, 9.17) is 21.7 Å². The highest BCUT2D eigenvalue weighted by molar-refractivity contribution is 9.10. The minimum absolute atomic E-state index is 0.0865. The van der Waals surface area contributed by atoms with Crippen molar-refractivity contribution in [3.63, 3.8) is 0 Å². The van der Waals surface area contributed by atoms with Gasteiger partial charge in [0.2, 0.25) is 0 Å². The smallest absolute Gasteiger partial charge is 0.261 e. The van der Waals surface area contributed by atoms with Gasteiger partial charge in [-0.05, 0) is 60.7 Å². The summed E-state index contributed by atoms with van der Waals surface area (Å²) in [5, 5.41) is 8.49. The fourth-order valence-corrected chi connectivity index (χ4v) is 3.41. The van der Waals surface area contributed by atoms with E-state index in [1.165, 1.54) is 0 Å². The molecule has 33 heavy (non-hydrogen) atoms. The third-order valence-electron chi connectivity index (χ3n) is 4.37. The zero-order valence-corrected chi connectivity index (χ0v) is 20.2. The van der Waals surface area contributed by atoms with Gasteiger partial charge in [0.15, 0.2) is 5.11 Å². The molecule has 0 heterocycles. The number of halogens is 1. The van der Waals surface area contributed by atoms with Crippen molar-refractivity contribution in [1.29, 1.82) is 0 Å². The van der Waals surface area contributed by atoms with Gasteiger partial charge in [-0.1, -0.05) is 40.2 Å². The van der Waals surface area contributed by atoms with E-state index in [0.717, 1.165) is 4.47 Å². The molecular formula is C24H22BrN3O4S. The van der Waals surface area contributed by atoms with Crippen molar-refractivity contribution in [2.75, 3.05) is 31.0 Å². The molecule has 0 saturated heterocycles. The number of hydrogen-bond acceptors (Lipinski definition) is 5. The van der Waals surface area contributed by atoms with E-state index >= 15 is 0 Å². The van der Waals surface area contributed by atoms with Crippen molar-refractivity contribution in [1.82, 2.24) is 5.32 Å². The molecule has 0 aliphatic heterocycles. The minimum Gasteiger partial charge on any atom is -0.490 e. The summed E-state index contributed by atoms with van der Waals surface area (Å²) in [6, 6.07) is 21.1. The minimum atomic E-state index is -0.431. The number of thiocarbonyl (C=S) groups is 1. The molecular weight excluding hydrogens is 506 g/mol. The Balaban J connectivity index is 1.64. The molecule has 0 fully saturated rings. The van der Waals surface area contributed by atoms with Crippen molar-refractivity contribution < 1.29 is 19.1 Å². The highest BCUT2D eigenvalue weighted by Gasteiger charge is 2.15. The van der Waals surface area contributed by atoms with Crippen molar-refractivity contribution >= 4 is 56.4 Å². The third kappa shape index (κ3) is 7.38. The number of nitrogens with one attached hydrogen (secondary N) is 3. The van der Waals surface area contributed by atoms with Gasteiger partial charge in [-0.25, -0.2) is 0 Å². The summed E-state index contributed by atoms with van der Waals surface area (Å²) in [5.41, 5.74) is 2.02. The maximum atomic E-state index is 12.8. The second kappa shape index (κ2) is 12.1. The Hall–Kier alpha value is -3.27. The molecule has 3 aromatic rings. The van der Waals surface area contributed by atoms with Crippen LogP contribution < -0.4 is 20.7 Å². The summed E-state index contributed by atoms with van der Waals surface area (Å²) in [6.45, 7) is 0.699. The van der Waals surface area contributed by atoms with Crippen LogP contribution in [0.5, 0.6) is 5.75 Å². The average molecular weight is 528 g/mol. The van der Waals surface area contributed by atoms with E-state index in [0.29, 0.717) is 41.5 Å². The number of amides is 2. The molecule has 9 heteroatoms. The van der Waals surface area contributed by atoms with Crippen LogP contribution in [0.2, 0.25) is 0 Å². The average Bonchev–Trinajstić information content (AvgIpc) is 2.81. The van der Waals surface area contributed by atoms with Gasteiger partial charge < -0.3 is 20.1 Å². The van der Waals surface area contributed by atoms with Gasteiger partial charge in [-0.2, -0.15) is 0 Å². The number of hydrogen-bond donors (Lipinski definition) is 3. The lowest BCUT2D eigenvalue weighted by Gasteiger charge is -2.14. The van der Waals surface area contributed by atoms with E-state index in [2.05, 4.69) is 31.9 Å². The lowest BCUT2D eigenvalue weighted by molar-refractivity contribution is 0.0968. The Morgan fingerprint density at radius 2 is 1.64 bits per heavy atom. The standard InChI is InChI=1S/C24H22BrN3O4S/c1-31-12-13-32-21-11-10-17(25)15-20(21)23(30)28-24(33)27-19-9-5-6-16(14-19)22(29)26-18-7-3-2-4-8-18/h2-11,14-15H,12-13H2,1H3,(H,26,29)(H2,27,28,30,33). The summed E-state index contributed by atoms with van der Waals surface area (Å²) in [6.07, 6.45) is 0. The van der Waals surface area contributed by atoms with Crippen molar-refractivity contribution in [3.8, 4) is 5.75 Å². The van der Waals surface area contributed by atoms with Crippen LogP contribution in [-0.4, -0.2) is 37.3 Å². The Kier molecular flexibility index (Phi) is 8.94. The van der Waals surface area contributed by atoms with Crippen LogP contribution in [0.25, 0.3) is 0 Å². The molecule has 0 aliphatic carbocycles. The molecule has 0 unspecified atom stereocenters. The van der Waals surface area contributed by atoms with E-state index in [1.54, 1.807) is 61.7 Å². The van der Waals surface area contributed by atoms with Crippen LogP contribution in [0.4, 0.5) is 11.4 Å².